The molecule has 16 heavy (non-hydrogen) atoms. The molecule has 10 heteroatoms. The SMILES string of the molecule is N#CSCC(=O)Nc1nnc(C(F)(F)F)s1. The van der Waals surface area contributed by atoms with E-state index in [1.807, 2.05) is 0 Å². The van der Waals surface area contributed by atoms with Gasteiger partial charge in [0.2, 0.25) is 16.0 Å². The van der Waals surface area contributed by atoms with Gasteiger partial charge in [-0.1, -0.05) is 11.3 Å². The summed E-state index contributed by atoms with van der Waals surface area (Å²) in [6.07, 6.45) is -4.57. The fourth-order valence-electron chi connectivity index (χ4n) is 0.641. The number of aromatic nitrogens is 2. The second-order valence-corrected chi connectivity index (χ2v) is 4.08. The van der Waals surface area contributed by atoms with Crippen molar-refractivity contribution in [2.75, 3.05) is 11.1 Å². The Morgan fingerprint density at radius 3 is 2.75 bits per heavy atom. The number of nitriles is 1. The summed E-state index contributed by atoms with van der Waals surface area (Å²) < 4.78 is 36.3. The van der Waals surface area contributed by atoms with Crippen molar-refractivity contribution in [2.45, 2.75) is 6.18 Å². The molecule has 0 saturated carbocycles. The van der Waals surface area contributed by atoms with Gasteiger partial charge in [-0.05, 0) is 11.8 Å². The smallest absolute Gasteiger partial charge is 0.300 e. The maximum absolute atomic E-state index is 12.1. The quantitative estimate of drug-likeness (QED) is 0.844. The molecule has 0 spiro atoms. The van der Waals surface area contributed by atoms with E-state index >= 15 is 0 Å². The topological polar surface area (TPSA) is 78.7 Å². The third-order valence-electron chi connectivity index (χ3n) is 1.18. The van der Waals surface area contributed by atoms with Gasteiger partial charge in [-0.25, -0.2) is 0 Å². The monoisotopic (exact) mass is 268 g/mol. The van der Waals surface area contributed by atoms with Crippen molar-refractivity contribution < 1.29 is 18.0 Å². The minimum Gasteiger partial charge on any atom is -0.300 e. The van der Waals surface area contributed by atoms with Crippen LogP contribution in [0.3, 0.4) is 0 Å². The van der Waals surface area contributed by atoms with Gasteiger partial charge in [-0.15, -0.1) is 10.2 Å². The summed E-state index contributed by atoms with van der Waals surface area (Å²) in [6, 6.07) is 0. The molecule has 5 nitrogen and oxygen atoms in total. The lowest BCUT2D eigenvalue weighted by Crippen LogP contribution is -2.13. The van der Waals surface area contributed by atoms with Gasteiger partial charge in [0, 0.05) is 0 Å². The highest BCUT2D eigenvalue weighted by atomic mass is 32.2. The molecule has 0 fully saturated rings. The van der Waals surface area contributed by atoms with Gasteiger partial charge in [0.1, 0.15) is 5.40 Å². The minimum atomic E-state index is -4.57. The predicted octanol–water partition coefficient (Wildman–Crippen LogP) is 1.71. The number of thioether (sulfide) groups is 1. The molecule has 1 amide bonds. The molecule has 86 valence electrons. The van der Waals surface area contributed by atoms with Crippen LogP contribution in [0.4, 0.5) is 18.3 Å². The first-order valence-electron chi connectivity index (χ1n) is 3.65. The molecular weight excluding hydrogens is 265 g/mol. The van der Waals surface area contributed by atoms with Crippen molar-refractivity contribution in [3.8, 4) is 5.40 Å². The summed E-state index contributed by atoms with van der Waals surface area (Å²) in [5.41, 5.74) is 0. The summed E-state index contributed by atoms with van der Waals surface area (Å²) in [4.78, 5) is 11.0. The first-order chi connectivity index (χ1) is 7.43. The maximum Gasteiger partial charge on any atom is 0.445 e. The molecule has 1 rings (SSSR count). The van der Waals surface area contributed by atoms with E-state index in [0.717, 1.165) is 0 Å². The lowest BCUT2D eigenvalue weighted by atomic mass is 10.7. The number of rotatable bonds is 3. The number of carbonyl (C=O) groups is 1. The van der Waals surface area contributed by atoms with Crippen LogP contribution in [0.15, 0.2) is 0 Å². The molecule has 0 aliphatic heterocycles. The number of carbonyl (C=O) groups excluding carboxylic acids is 1. The van der Waals surface area contributed by atoms with Gasteiger partial charge >= 0.3 is 6.18 Å². The van der Waals surface area contributed by atoms with Gasteiger partial charge in [0.25, 0.3) is 0 Å². The van der Waals surface area contributed by atoms with Crippen LogP contribution in [0.1, 0.15) is 5.01 Å². The average Bonchev–Trinajstić information content (AvgIpc) is 2.62. The highest BCUT2D eigenvalue weighted by molar-refractivity contribution is 8.04. The molecule has 0 radical (unpaired) electrons. The van der Waals surface area contributed by atoms with Crippen LogP contribution in [0, 0.1) is 10.7 Å². The van der Waals surface area contributed by atoms with Gasteiger partial charge in [-0.3, -0.25) is 10.1 Å². The Hall–Kier alpha value is -1.34. The van der Waals surface area contributed by atoms with E-state index in [1.165, 1.54) is 0 Å². The summed E-state index contributed by atoms with van der Waals surface area (Å²) in [5.74, 6) is -0.770. The molecule has 0 aromatic carbocycles. The van der Waals surface area contributed by atoms with E-state index in [9.17, 15) is 18.0 Å². The third kappa shape index (κ3) is 3.67. The van der Waals surface area contributed by atoms with Crippen molar-refractivity contribution >= 4 is 34.1 Å². The normalized spacial score (nSPS) is 10.9. The molecule has 0 atom stereocenters. The molecular formula is C6H3F3N4OS2. The highest BCUT2D eigenvalue weighted by Gasteiger charge is 2.35. The Labute approximate surface area is 95.7 Å². The van der Waals surface area contributed by atoms with Gasteiger partial charge < -0.3 is 0 Å². The first kappa shape index (κ1) is 12.7. The number of alkyl halides is 3. The Morgan fingerprint density at radius 1 is 1.56 bits per heavy atom. The highest BCUT2D eigenvalue weighted by Crippen LogP contribution is 2.32. The van der Waals surface area contributed by atoms with Crippen LogP contribution in [-0.4, -0.2) is 21.9 Å². The van der Waals surface area contributed by atoms with Crippen molar-refractivity contribution in [1.29, 1.82) is 5.26 Å². The summed E-state index contributed by atoms with van der Waals surface area (Å²) in [5, 5.41) is 16.6. The Bertz CT molecular complexity index is 424. The van der Waals surface area contributed by atoms with Crippen LogP contribution in [0.5, 0.6) is 0 Å². The van der Waals surface area contributed by atoms with Crippen molar-refractivity contribution in [3.05, 3.63) is 5.01 Å². The zero-order chi connectivity index (χ0) is 12.2. The van der Waals surface area contributed by atoms with Crippen LogP contribution in [0.2, 0.25) is 0 Å². The number of amides is 1. The van der Waals surface area contributed by atoms with Crippen molar-refractivity contribution in [3.63, 3.8) is 0 Å². The number of hydrogen-bond acceptors (Lipinski definition) is 6. The molecule has 0 bridgehead atoms. The molecule has 0 aliphatic carbocycles. The standard InChI is InChI=1S/C6H3F3N4OS2/c7-6(8,9)4-12-13-5(16-4)11-3(14)1-15-2-10/h1H2,(H,11,13,14). The van der Waals surface area contributed by atoms with Crippen LogP contribution in [-0.2, 0) is 11.0 Å². The van der Waals surface area contributed by atoms with Crippen LogP contribution in [0.25, 0.3) is 0 Å². The second-order valence-electron chi connectivity index (χ2n) is 2.34. The van der Waals surface area contributed by atoms with Crippen molar-refractivity contribution in [1.82, 2.24) is 10.2 Å². The largest absolute Gasteiger partial charge is 0.445 e. The molecule has 1 aromatic heterocycles. The average molecular weight is 268 g/mol. The lowest BCUT2D eigenvalue weighted by Gasteiger charge is -1.98. The lowest BCUT2D eigenvalue weighted by molar-refractivity contribution is -0.138. The Kier molecular flexibility index (Phi) is 4.08. The molecule has 0 aliphatic rings. The number of nitrogens with one attached hydrogen (secondary N) is 1. The second kappa shape index (κ2) is 5.13. The Balaban J connectivity index is 2.60. The molecule has 1 aromatic rings. The van der Waals surface area contributed by atoms with Gasteiger partial charge in [0.05, 0.1) is 5.75 Å². The van der Waals surface area contributed by atoms with E-state index in [-0.39, 0.29) is 22.2 Å². The molecule has 1 heterocycles. The summed E-state index contributed by atoms with van der Waals surface area (Å²) in [6.45, 7) is 0. The van der Waals surface area contributed by atoms with E-state index in [4.69, 9.17) is 5.26 Å². The Morgan fingerprint density at radius 2 is 2.25 bits per heavy atom. The fraction of sp³-hybridized carbons (Fsp3) is 0.333. The molecule has 0 saturated heterocycles. The molecule has 1 N–H and O–H groups in total. The number of halogens is 3. The minimum absolute atomic E-state index is 0.169. The van der Waals surface area contributed by atoms with E-state index < -0.39 is 17.1 Å². The zero-order valence-electron chi connectivity index (χ0n) is 7.41. The van der Waals surface area contributed by atoms with E-state index in [0.29, 0.717) is 11.8 Å². The van der Waals surface area contributed by atoms with E-state index in [2.05, 4.69) is 15.5 Å². The molecule has 0 unspecified atom stereocenters. The maximum atomic E-state index is 12.1. The summed E-state index contributed by atoms with van der Waals surface area (Å²) >= 11 is 0.906. The van der Waals surface area contributed by atoms with Gasteiger partial charge in [-0.2, -0.15) is 18.4 Å². The number of anilines is 1. The van der Waals surface area contributed by atoms with Crippen molar-refractivity contribution in [2.24, 2.45) is 0 Å². The zero-order valence-corrected chi connectivity index (χ0v) is 9.04. The van der Waals surface area contributed by atoms with Gasteiger partial charge in [0.15, 0.2) is 0 Å². The van der Waals surface area contributed by atoms with Crippen LogP contribution >= 0.6 is 23.1 Å². The van der Waals surface area contributed by atoms with Crippen LogP contribution < -0.4 is 5.32 Å². The summed E-state index contributed by atoms with van der Waals surface area (Å²) in [7, 11) is 0. The number of thiocyanates is 1. The first-order valence-corrected chi connectivity index (χ1v) is 5.45. The fourth-order valence-corrected chi connectivity index (χ4v) is 1.54. The third-order valence-corrected chi connectivity index (χ3v) is 2.60. The van der Waals surface area contributed by atoms with E-state index in [1.54, 1.807) is 5.40 Å². The number of nitrogens with zero attached hydrogens (tertiary/aromatic N) is 3. The number of hydrogen-bond donors (Lipinski definition) is 1. The predicted molar refractivity (Wildman–Crippen MR) is 51.6 cm³/mol.